The van der Waals surface area contributed by atoms with Crippen molar-refractivity contribution >= 4 is 46.7 Å². The average Bonchev–Trinajstić information content (AvgIpc) is 2.33. The second-order valence-corrected chi connectivity index (χ2v) is 4.78. The number of halogens is 2. The van der Waals surface area contributed by atoms with Crippen LogP contribution in [0.3, 0.4) is 0 Å². The molecule has 19 heavy (non-hydrogen) atoms. The molecule has 2 rings (SSSR count). The first-order valence-corrected chi connectivity index (χ1v) is 6.12. The van der Waals surface area contributed by atoms with Gasteiger partial charge in [-0.2, -0.15) is 15.0 Å². The standard InChI is InChI=1S/C11H12Cl2N6/c1-19(2)11-17-9(14)16-10(18-11)15-6-3-4-7(12)8(13)5-6/h3-5H,1-2H3,(H3,14,15,16,17,18). The van der Waals surface area contributed by atoms with E-state index in [1.807, 2.05) is 14.1 Å². The molecule has 0 saturated carbocycles. The number of aromatic nitrogens is 3. The van der Waals surface area contributed by atoms with Gasteiger partial charge in [0.2, 0.25) is 17.8 Å². The van der Waals surface area contributed by atoms with Crippen LogP contribution in [0.1, 0.15) is 0 Å². The second-order valence-electron chi connectivity index (χ2n) is 3.97. The van der Waals surface area contributed by atoms with Crippen LogP contribution < -0.4 is 16.0 Å². The zero-order chi connectivity index (χ0) is 14.0. The number of anilines is 4. The van der Waals surface area contributed by atoms with Crippen LogP contribution in [0.5, 0.6) is 0 Å². The minimum atomic E-state index is 0.140. The van der Waals surface area contributed by atoms with Crippen molar-refractivity contribution in [2.75, 3.05) is 30.0 Å². The van der Waals surface area contributed by atoms with E-state index in [9.17, 15) is 0 Å². The van der Waals surface area contributed by atoms with Crippen LogP contribution in [0, 0.1) is 0 Å². The van der Waals surface area contributed by atoms with Crippen molar-refractivity contribution in [1.82, 2.24) is 15.0 Å². The Bertz CT molecular complexity index is 602. The summed E-state index contributed by atoms with van der Waals surface area (Å²) in [5.74, 6) is 0.950. The number of nitrogens with zero attached hydrogens (tertiary/aromatic N) is 4. The number of hydrogen-bond acceptors (Lipinski definition) is 6. The zero-order valence-corrected chi connectivity index (χ0v) is 11.9. The molecule has 100 valence electrons. The molecule has 2 aromatic rings. The highest BCUT2D eigenvalue weighted by Crippen LogP contribution is 2.26. The molecule has 8 heteroatoms. The highest BCUT2D eigenvalue weighted by Gasteiger charge is 2.07. The first-order valence-electron chi connectivity index (χ1n) is 5.36. The van der Waals surface area contributed by atoms with E-state index in [4.69, 9.17) is 28.9 Å². The van der Waals surface area contributed by atoms with Gasteiger partial charge in [0.15, 0.2) is 0 Å². The number of benzene rings is 1. The van der Waals surface area contributed by atoms with Gasteiger partial charge in [-0.15, -0.1) is 0 Å². The summed E-state index contributed by atoms with van der Waals surface area (Å²) in [4.78, 5) is 14.0. The summed E-state index contributed by atoms with van der Waals surface area (Å²) in [6.07, 6.45) is 0. The smallest absolute Gasteiger partial charge is 0.233 e. The Morgan fingerprint density at radius 1 is 1.11 bits per heavy atom. The van der Waals surface area contributed by atoms with Crippen molar-refractivity contribution in [2.45, 2.75) is 0 Å². The maximum absolute atomic E-state index is 5.94. The topological polar surface area (TPSA) is 80.0 Å². The minimum absolute atomic E-state index is 0.140. The van der Waals surface area contributed by atoms with Crippen molar-refractivity contribution in [3.63, 3.8) is 0 Å². The van der Waals surface area contributed by atoms with Gasteiger partial charge < -0.3 is 16.0 Å². The highest BCUT2D eigenvalue weighted by molar-refractivity contribution is 6.42. The molecule has 0 aliphatic carbocycles. The fraction of sp³-hybridized carbons (Fsp3) is 0.182. The Hall–Kier alpha value is -1.79. The van der Waals surface area contributed by atoms with Gasteiger partial charge in [0.05, 0.1) is 10.0 Å². The van der Waals surface area contributed by atoms with Crippen molar-refractivity contribution in [1.29, 1.82) is 0 Å². The fourth-order valence-corrected chi connectivity index (χ4v) is 1.64. The van der Waals surface area contributed by atoms with Crippen LogP contribution >= 0.6 is 23.2 Å². The Morgan fingerprint density at radius 3 is 2.47 bits per heavy atom. The summed E-state index contributed by atoms with van der Waals surface area (Å²) >= 11 is 11.8. The van der Waals surface area contributed by atoms with Crippen LogP contribution in [-0.4, -0.2) is 29.0 Å². The van der Waals surface area contributed by atoms with E-state index in [0.29, 0.717) is 27.6 Å². The van der Waals surface area contributed by atoms with Crippen LogP contribution in [0.25, 0.3) is 0 Å². The molecule has 1 aromatic carbocycles. The minimum Gasteiger partial charge on any atom is -0.368 e. The van der Waals surface area contributed by atoms with Crippen molar-refractivity contribution in [3.05, 3.63) is 28.2 Å². The maximum atomic E-state index is 5.94. The summed E-state index contributed by atoms with van der Waals surface area (Å²) in [6.45, 7) is 0. The van der Waals surface area contributed by atoms with E-state index in [-0.39, 0.29) is 5.95 Å². The summed E-state index contributed by atoms with van der Waals surface area (Å²) in [5.41, 5.74) is 6.34. The van der Waals surface area contributed by atoms with Gasteiger partial charge in [-0.25, -0.2) is 0 Å². The first kappa shape index (κ1) is 13.6. The first-order chi connectivity index (χ1) is 8.95. The number of rotatable bonds is 3. The van der Waals surface area contributed by atoms with E-state index in [1.54, 1.807) is 23.1 Å². The Kier molecular flexibility index (Phi) is 3.92. The Balaban J connectivity index is 2.29. The molecular formula is C11H12Cl2N6. The largest absolute Gasteiger partial charge is 0.368 e. The van der Waals surface area contributed by atoms with Crippen molar-refractivity contribution < 1.29 is 0 Å². The van der Waals surface area contributed by atoms with Gasteiger partial charge in [0.1, 0.15) is 0 Å². The lowest BCUT2D eigenvalue weighted by Crippen LogP contribution is -2.15. The quantitative estimate of drug-likeness (QED) is 0.906. The van der Waals surface area contributed by atoms with Gasteiger partial charge in [-0.05, 0) is 18.2 Å². The third kappa shape index (κ3) is 3.36. The van der Waals surface area contributed by atoms with E-state index >= 15 is 0 Å². The van der Waals surface area contributed by atoms with Crippen LogP contribution in [0.2, 0.25) is 10.0 Å². The molecule has 0 amide bonds. The van der Waals surface area contributed by atoms with E-state index in [0.717, 1.165) is 0 Å². The molecule has 0 bridgehead atoms. The molecule has 0 fully saturated rings. The van der Waals surface area contributed by atoms with E-state index in [1.165, 1.54) is 0 Å². The lowest BCUT2D eigenvalue weighted by Gasteiger charge is -2.12. The summed E-state index contributed by atoms with van der Waals surface area (Å²) < 4.78 is 0. The van der Waals surface area contributed by atoms with Gasteiger partial charge in [0, 0.05) is 19.8 Å². The molecule has 1 heterocycles. The van der Waals surface area contributed by atoms with Crippen LogP contribution in [-0.2, 0) is 0 Å². The highest BCUT2D eigenvalue weighted by atomic mass is 35.5. The van der Waals surface area contributed by atoms with Gasteiger partial charge in [0.25, 0.3) is 0 Å². The second kappa shape index (κ2) is 5.46. The van der Waals surface area contributed by atoms with Crippen LogP contribution in [0.15, 0.2) is 18.2 Å². The zero-order valence-electron chi connectivity index (χ0n) is 10.4. The average molecular weight is 299 g/mol. The Morgan fingerprint density at radius 2 is 1.84 bits per heavy atom. The molecule has 0 unspecified atom stereocenters. The molecule has 0 aliphatic heterocycles. The SMILES string of the molecule is CN(C)c1nc(N)nc(Nc2ccc(Cl)c(Cl)c2)n1. The maximum Gasteiger partial charge on any atom is 0.233 e. The molecule has 0 radical (unpaired) electrons. The third-order valence-electron chi connectivity index (χ3n) is 2.22. The molecule has 0 atom stereocenters. The molecular weight excluding hydrogens is 287 g/mol. The third-order valence-corrected chi connectivity index (χ3v) is 2.96. The summed E-state index contributed by atoms with van der Waals surface area (Å²) in [6, 6.07) is 5.13. The normalized spacial score (nSPS) is 10.3. The predicted octanol–water partition coefficient (Wildman–Crippen LogP) is 2.57. The lowest BCUT2D eigenvalue weighted by molar-refractivity contribution is 0.969. The molecule has 6 nitrogen and oxygen atoms in total. The van der Waals surface area contributed by atoms with E-state index in [2.05, 4.69) is 20.3 Å². The van der Waals surface area contributed by atoms with Crippen LogP contribution in [0.4, 0.5) is 23.5 Å². The van der Waals surface area contributed by atoms with Crippen molar-refractivity contribution in [3.8, 4) is 0 Å². The summed E-state index contributed by atoms with van der Waals surface area (Å²) in [5, 5.41) is 3.92. The fourth-order valence-electron chi connectivity index (χ4n) is 1.34. The molecule has 0 aliphatic rings. The van der Waals surface area contributed by atoms with Gasteiger partial charge in [-0.1, -0.05) is 23.2 Å². The monoisotopic (exact) mass is 298 g/mol. The number of hydrogen-bond donors (Lipinski definition) is 2. The molecule has 1 aromatic heterocycles. The summed E-state index contributed by atoms with van der Waals surface area (Å²) in [7, 11) is 3.63. The molecule has 0 saturated heterocycles. The van der Waals surface area contributed by atoms with Crippen molar-refractivity contribution in [2.24, 2.45) is 0 Å². The Labute approximate surface area is 120 Å². The number of nitrogens with one attached hydrogen (secondary N) is 1. The number of nitrogens with two attached hydrogens (primary N) is 1. The lowest BCUT2D eigenvalue weighted by atomic mass is 10.3. The predicted molar refractivity (Wildman–Crippen MR) is 78.3 cm³/mol. The van der Waals surface area contributed by atoms with E-state index < -0.39 is 0 Å². The van der Waals surface area contributed by atoms with Gasteiger partial charge >= 0.3 is 0 Å². The van der Waals surface area contributed by atoms with Gasteiger partial charge in [-0.3, -0.25) is 0 Å². The number of nitrogen functional groups attached to an aromatic ring is 1. The molecule has 3 N–H and O–H groups in total. The molecule has 0 spiro atoms.